The highest BCUT2D eigenvalue weighted by Crippen LogP contribution is 2.30. The molecule has 1 aliphatic heterocycles. The number of piperidine rings is 1. The molecule has 1 aromatic rings. The molecule has 1 atom stereocenters. The lowest BCUT2D eigenvalue weighted by Crippen LogP contribution is -2.42. The highest BCUT2D eigenvalue weighted by Gasteiger charge is 2.23. The average molecular weight is 343 g/mol. The molecule has 2 N–H and O–H groups in total. The van der Waals surface area contributed by atoms with Gasteiger partial charge >= 0.3 is 0 Å². The maximum atomic E-state index is 12.2. The van der Waals surface area contributed by atoms with Crippen molar-refractivity contribution in [2.75, 3.05) is 18.0 Å². The third-order valence-corrected chi connectivity index (χ3v) is 5.41. The molecule has 2 rings (SSSR count). The molecule has 0 radical (unpaired) electrons. The molecule has 104 valence electrons. The summed E-state index contributed by atoms with van der Waals surface area (Å²) in [6, 6.07) is 6.07. The van der Waals surface area contributed by atoms with Crippen LogP contribution < -0.4 is 5.73 Å². The molecule has 1 saturated heterocycles. The van der Waals surface area contributed by atoms with Crippen molar-refractivity contribution in [2.45, 2.75) is 37.1 Å². The predicted octanol–water partition coefficient (Wildman–Crippen LogP) is 3.52. The quantitative estimate of drug-likeness (QED) is 0.675. The van der Waals surface area contributed by atoms with Gasteiger partial charge in [-0.2, -0.15) is 0 Å². The summed E-state index contributed by atoms with van der Waals surface area (Å²) in [5.41, 5.74) is 6.43. The number of rotatable bonds is 3. The Kier molecular flexibility index (Phi) is 5.16. The van der Waals surface area contributed by atoms with Gasteiger partial charge in [-0.05, 0) is 60.3 Å². The number of halogens is 1. The number of carbonyl (C=O) groups excluding carboxylic acids is 1. The molecule has 0 bridgehead atoms. The molecular weight excluding hydrogens is 324 g/mol. The largest absolute Gasteiger partial charge is 0.399 e. The monoisotopic (exact) mass is 342 g/mol. The van der Waals surface area contributed by atoms with E-state index in [1.54, 1.807) is 11.8 Å². The summed E-state index contributed by atoms with van der Waals surface area (Å²) in [7, 11) is 0. The first-order valence-electron chi connectivity index (χ1n) is 6.55. The first kappa shape index (κ1) is 14.7. The van der Waals surface area contributed by atoms with Gasteiger partial charge in [-0.3, -0.25) is 4.79 Å². The fourth-order valence-electron chi connectivity index (χ4n) is 2.33. The second-order valence-electron chi connectivity index (χ2n) is 4.91. The zero-order valence-electron chi connectivity index (χ0n) is 11.1. The van der Waals surface area contributed by atoms with Crippen LogP contribution in [0.4, 0.5) is 5.69 Å². The van der Waals surface area contributed by atoms with Gasteiger partial charge in [0.25, 0.3) is 0 Å². The average Bonchev–Trinajstić information content (AvgIpc) is 2.38. The van der Waals surface area contributed by atoms with E-state index in [2.05, 4.69) is 22.9 Å². The van der Waals surface area contributed by atoms with Crippen LogP contribution in [-0.2, 0) is 4.79 Å². The minimum absolute atomic E-state index is 0.237. The lowest BCUT2D eigenvalue weighted by molar-refractivity contribution is -0.131. The number of nitrogens with two attached hydrogens (primary N) is 1. The lowest BCUT2D eigenvalue weighted by atomic mass is 10.0. The Morgan fingerprint density at radius 3 is 3.00 bits per heavy atom. The van der Waals surface area contributed by atoms with E-state index in [9.17, 15) is 4.79 Å². The molecule has 1 aromatic carbocycles. The van der Waals surface area contributed by atoms with Crippen molar-refractivity contribution in [2.24, 2.45) is 0 Å². The summed E-state index contributed by atoms with van der Waals surface area (Å²) < 4.78 is 0.956. The number of carbonyl (C=O) groups is 1. The normalized spacial score (nSPS) is 19.5. The number of benzene rings is 1. The van der Waals surface area contributed by atoms with E-state index < -0.39 is 0 Å². The summed E-state index contributed by atoms with van der Waals surface area (Å²) in [5.74, 6) is 0.730. The number of hydrogen-bond acceptors (Lipinski definition) is 3. The topological polar surface area (TPSA) is 46.3 Å². The van der Waals surface area contributed by atoms with Crippen molar-refractivity contribution in [1.82, 2.24) is 4.90 Å². The van der Waals surface area contributed by atoms with E-state index in [4.69, 9.17) is 5.73 Å². The zero-order valence-corrected chi connectivity index (χ0v) is 13.5. The summed E-state index contributed by atoms with van der Waals surface area (Å²) in [5, 5.41) is 0. The standard InChI is InChI=1S/C14H19BrN2OS/c1-10-4-2-3-7-17(10)14(18)9-19-13-6-5-11(16)8-12(13)15/h5-6,8,10H,2-4,7,9,16H2,1H3. The van der Waals surface area contributed by atoms with Crippen LogP contribution in [0, 0.1) is 0 Å². The number of nitrogen functional groups attached to an aromatic ring is 1. The van der Waals surface area contributed by atoms with Crippen molar-refractivity contribution in [3.05, 3.63) is 22.7 Å². The summed E-state index contributed by atoms with van der Waals surface area (Å²) in [6.07, 6.45) is 3.50. The number of anilines is 1. The van der Waals surface area contributed by atoms with Crippen molar-refractivity contribution in [3.8, 4) is 0 Å². The van der Waals surface area contributed by atoms with Crippen LogP contribution >= 0.6 is 27.7 Å². The van der Waals surface area contributed by atoms with E-state index in [0.717, 1.165) is 34.4 Å². The molecule has 1 heterocycles. The fourth-order valence-corrected chi connectivity index (χ4v) is 3.87. The van der Waals surface area contributed by atoms with E-state index in [1.807, 2.05) is 23.1 Å². The molecule has 0 aromatic heterocycles. The maximum Gasteiger partial charge on any atom is 0.233 e. The van der Waals surface area contributed by atoms with Crippen molar-refractivity contribution in [1.29, 1.82) is 0 Å². The van der Waals surface area contributed by atoms with Crippen molar-refractivity contribution in [3.63, 3.8) is 0 Å². The number of amides is 1. The molecule has 1 amide bonds. The van der Waals surface area contributed by atoms with Gasteiger partial charge in [0.2, 0.25) is 5.91 Å². The van der Waals surface area contributed by atoms with Crippen LogP contribution in [0.15, 0.2) is 27.6 Å². The molecule has 0 saturated carbocycles. The molecule has 0 spiro atoms. The SMILES string of the molecule is CC1CCCCN1C(=O)CSc1ccc(N)cc1Br. The summed E-state index contributed by atoms with van der Waals surface area (Å²) in [4.78, 5) is 15.3. The van der Waals surface area contributed by atoms with Crippen LogP contribution in [0.25, 0.3) is 0 Å². The Morgan fingerprint density at radius 1 is 1.53 bits per heavy atom. The Labute approximate surface area is 127 Å². The minimum Gasteiger partial charge on any atom is -0.399 e. The van der Waals surface area contributed by atoms with Crippen molar-refractivity contribution >= 4 is 39.3 Å². The van der Waals surface area contributed by atoms with Gasteiger partial charge in [0.15, 0.2) is 0 Å². The van der Waals surface area contributed by atoms with Gasteiger partial charge in [0.1, 0.15) is 0 Å². The van der Waals surface area contributed by atoms with Crippen LogP contribution in [0.1, 0.15) is 26.2 Å². The third-order valence-electron chi connectivity index (χ3n) is 3.43. The molecule has 5 heteroatoms. The molecule has 1 aliphatic rings. The fraction of sp³-hybridized carbons (Fsp3) is 0.500. The first-order valence-corrected chi connectivity index (χ1v) is 8.33. The minimum atomic E-state index is 0.237. The van der Waals surface area contributed by atoms with Gasteiger partial charge in [-0.25, -0.2) is 0 Å². The zero-order chi connectivity index (χ0) is 13.8. The van der Waals surface area contributed by atoms with Gasteiger partial charge in [0, 0.05) is 27.6 Å². The number of nitrogens with zero attached hydrogens (tertiary/aromatic N) is 1. The highest BCUT2D eigenvalue weighted by molar-refractivity contribution is 9.10. The Bertz CT molecular complexity index is 467. The molecule has 1 fully saturated rings. The Balaban J connectivity index is 1.92. The molecule has 1 unspecified atom stereocenters. The van der Waals surface area contributed by atoms with E-state index >= 15 is 0 Å². The second-order valence-corrected chi connectivity index (χ2v) is 6.78. The van der Waals surface area contributed by atoms with E-state index in [-0.39, 0.29) is 5.91 Å². The van der Waals surface area contributed by atoms with Gasteiger partial charge in [-0.15, -0.1) is 11.8 Å². The second kappa shape index (κ2) is 6.66. The van der Waals surface area contributed by atoms with Gasteiger partial charge in [0.05, 0.1) is 5.75 Å². The lowest BCUT2D eigenvalue weighted by Gasteiger charge is -2.33. The number of likely N-dealkylation sites (tertiary alicyclic amines) is 1. The summed E-state index contributed by atoms with van der Waals surface area (Å²) >= 11 is 5.05. The molecule has 0 aliphatic carbocycles. The first-order chi connectivity index (χ1) is 9.08. The smallest absolute Gasteiger partial charge is 0.233 e. The summed E-state index contributed by atoms with van der Waals surface area (Å²) in [6.45, 7) is 3.05. The maximum absolute atomic E-state index is 12.2. The van der Waals surface area contributed by atoms with Gasteiger partial charge in [-0.1, -0.05) is 0 Å². The van der Waals surface area contributed by atoms with Gasteiger partial charge < -0.3 is 10.6 Å². The van der Waals surface area contributed by atoms with Crippen LogP contribution in [-0.4, -0.2) is 29.1 Å². The third kappa shape index (κ3) is 3.89. The van der Waals surface area contributed by atoms with Crippen LogP contribution in [0.3, 0.4) is 0 Å². The number of thioether (sulfide) groups is 1. The van der Waals surface area contributed by atoms with Crippen LogP contribution in [0.5, 0.6) is 0 Å². The predicted molar refractivity (Wildman–Crippen MR) is 84.3 cm³/mol. The Hall–Kier alpha value is -0.680. The van der Waals surface area contributed by atoms with E-state index in [1.165, 1.54) is 6.42 Å². The highest BCUT2D eigenvalue weighted by atomic mass is 79.9. The van der Waals surface area contributed by atoms with E-state index in [0.29, 0.717) is 11.8 Å². The number of hydrogen-bond donors (Lipinski definition) is 1. The molecule has 19 heavy (non-hydrogen) atoms. The van der Waals surface area contributed by atoms with Crippen molar-refractivity contribution < 1.29 is 4.79 Å². The van der Waals surface area contributed by atoms with Crippen LogP contribution in [0.2, 0.25) is 0 Å². The Morgan fingerprint density at radius 2 is 2.32 bits per heavy atom. The molecular formula is C14H19BrN2OS. The molecule has 3 nitrogen and oxygen atoms in total.